The van der Waals surface area contributed by atoms with Crippen molar-refractivity contribution in [2.75, 3.05) is 31.1 Å². The quantitative estimate of drug-likeness (QED) is 0.838. The van der Waals surface area contributed by atoms with Gasteiger partial charge in [0.25, 0.3) is 0 Å². The molecule has 17 heavy (non-hydrogen) atoms. The fraction of sp³-hybridized carbons (Fsp3) is 0.667. The van der Waals surface area contributed by atoms with Gasteiger partial charge in [0, 0.05) is 19.6 Å². The summed E-state index contributed by atoms with van der Waals surface area (Å²) in [6.07, 6.45) is 3.97. The molecule has 1 fully saturated rings. The molecule has 1 unspecified atom stereocenters. The van der Waals surface area contributed by atoms with Crippen LogP contribution in [0.4, 0.5) is 5.82 Å². The molecule has 94 valence electrons. The number of hydrogen-bond acceptors (Lipinski definition) is 5. The SMILES string of the molecule is CCNCc1cnc(N2CCOC(C)C2)cn1. The normalized spacial score (nSPS) is 20.6. The summed E-state index contributed by atoms with van der Waals surface area (Å²) in [5.41, 5.74) is 0.983. The monoisotopic (exact) mass is 236 g/mol. The van der Waals surface area contributed by atoms with Crippen LogP contribution in [0.3, 0.4) is 0 Å². The van der Waals surface area contributed by atoms with E-state index in [1.54, 1.807) is 0 Å². The van der Waals surface area contributed by atoms with E-state index in [9.17, 15) is 0 Å². The lowest BCUT2D eigenvalue weighted by atomic mass is 10.3. The predicted octanol–water partition coefficient (Wildman–Crippen LogP) is 0.811. The molecule has 0 aliphatic carbocycles. The van der Waals surface area contributed by atoms with Gasteiger partial charge in [-0.2, -0.15) is 0 Å². The number of rotatable bonds is 4. The van der Waals surface area contributed by atoms with Gasteiger partial charge in [-0.05, 0) is 13.5 Å². The van der Waals surface area contributed by atoms with Crippen LogP contribution in [-0.4, -0.2) is 42.3 Å². The van der Waals surface area contributed by atoms with Crippen LogP contribution in [0.15, 0.2) is 12.4 Å². The third kappa shape index (κ3) is 3.38. The standard InChI is InChI=1S/C12H20N4O/c1-3-13-6-11-7-15-12(8-14-11)16-4-5-17-10(2)9-16/h7-8,10,13H,3-6,9H2,1-2H3. The number of aromatic nitrogens is 2. The molecule has 1 aromatic heterocycles. The van der Waals surface area contributed by atoms with Gasteiger partial charge in [0.05, 0.1) is 30.8 Å². The van der Waals surface area contributed by atoms with Crippen molar-refractivity contribution in [1.29, 1.82) is 0 Å². The summed E-state index contributed by atoms with van der Waals surface area (Å²) in [5.74, 6) is 0.945. The Hall–Kier alpha value is -1.20. The van der Waals surface area contributed by atoms with E-state index in [2.05, 4.69) is 34.0 Å². The van der Waals surface area contributed by atoms with Crippen molar-refractivity contribution in [2.24, 2.45) is 0 Å². The first kappa shape index (κ1) is 12.3. The molecule has 0 spiro atoms. The average molecular weight is 236 g/mol. The average Bonchev–Trinajstić information content (AvgIpc) is 2.37. The Labute approximate surface area is 102 Å². The van der Waals surface area contributed by atoms with Crippen molar-refractivity contribution in [2.45, 2.75) is 26.5 Å². The van der Waals surface area contributed by atoms with Crippen LogP contribution in [0, 0.1) is 0 Å². The highest BCUT2D eigenvalue weighted by atomic mass is 16.5. The third-order valence-electron chi connectivity index (χ3n) is 2.81. The molecule has 5 nitrogen and oxygen atoms in total. The summed E-state index contributed by atoms with van der Waals surface area (Å²) in [5, 5.41) is 3.23. The molecule has 0 radical (unpaired) electrons. The van der Waals surface area contributed by atoms with E-state index in [-0.39, 0.29) is 6.10 Å². The highest BCUT2D eigenvalue weighted by Gasteiger charge is 2.17. The Morgan fingerprint density at radius 2 is 2.35 bits per heavy atom. The second-order valence-electron chi connectivity index (χ2n) is 4.27. The van der Waals surface area contributed by atoms with E-state index in [1.165, 1.54) is 0 Å². The maximum atomic E-state index is 5.51. The fourth-order valence-corrected chi connectivity index (χ4v) is 1.88. The minimum Gasteiger partial charge on any atom is -0.375 e. The fourth-order valence-electron chi connectivity index (χ4n) is 1.88. The zero-order chi connectivity index (χ0) is 12.1. The van der Waals surface area contributed by atoms with Crippen molar-refractivity contribution >= 4 is 5.82 Å². The lowest BCUT2D eigenvalue weighted by molar-refractivity contribution is 0.0529. The van der Waals surface area contributed by atoms with Crippen LogP contribution >= 0.6 is 0 Å². The molecule has 5 heteroatoms. The van der Waals surface area contributed by atoms with Crippen LogP contribution in [0.1, 0.15) is 19.5 Å². The topological polar surface area (TPSA) is 50.3 Å². The Morgan fingerprint density at radius 3 is 3.00 bits per heavy atom. The molecule has 1 atom stereocenters. The molecule has 1 N–H and O–H groups in total. The van der Waals surface area contributed by atoms with Gasteiger partial charge in [-0.15, -0.1) is 0 Å². The highest BCUT2D eigenvalue weighted by Crippen LogP contribution is 2.13. The predicted molar refractivity (Wildman–Crippen MR) is 67.0 cm³/mol. The lowest BCUT2D eigenvalue weighted by Gasteiger charge is -2.31. The van der Waals surface area contributed by atoms with Crippen LogP contribution < -0.4 is 10.2 Å². The van der Waals surface area contributed by atoms with E-state index >= 15 is 0 Å². The first-order valence-corrected chi connectivity index (χ1v) is 6.17. The summed E-state index contributed by atoms with van der Waals surface area (Å²) in [4.78, 5) is 11.1. The Morgan fingerprint density at radius 1 is 1.47 bits per heavy atom. The maximum Gasteiger partial charge on any atom is 0.147 e. The van der Waals surface area contributed by atoms with E-state index in [0.717, 1.165) is 44.3 Å². The Bertz CT molecular complexity index is 341. The molecule has 1 aliphatic rings. The van der Waals surface area contributed by atoms with Crippen molar-refractivity contribution in [3.63, 3.8) is 0 Å². The van der Waals surface area contributed by atoms with Gasteiger partial charge >= 0.3 is 0 Å². The van der Waals surface area contributed by atoms with Crippen molar-refractivity contribution in [3.8, 4) is 0 Å². The van der Waals surface area contributed by atoms with E-state index in [0.29, 0.717) is 0 Å². The molecule has 1 saturated heterocycles. The van der Waals surface area contributed by atoms with Crippen LogP contribution in [0.5, 0.6) is 0 Å². The zero-order valence-corrected chi connectivity index (χ0v) is 10.5. The van der Waals surface area contributed by atoms with Crippen molar-refractivity contribution < 1.29 is 4.74 Å². The number of hydrogen-bond donors (Lipinski definition) is 1. The first-order valence-electron chi connectivity index (χ1n) is 6.17. The lowest BCUT2D eigenvalue weighted by Crippen LogP contribution is -2.41. The van der Waals surface area contributed by atoms with Gasteiger partial charge in [-0.25, -0.2) is 4.98 Å². The number of morpholine rings is 1. The molecule has 0 saturated carbocycles. The summed E-state index contributed by atoms with van der Waals surface area (Å²) in [6, 6.07) is 0. The summed E-state index contributed by atoms with van der Waals surface area (Å²) < 4.78 is 5.51. The van der Waals surface area contributed by atoms with Gasteiger partial charge in [0.1, 0.15) is 5.82 Å². The van der Waals surface area contributed by atoms with E-state index in [4.69, 9.17) is 4.74 Å². The van der Waals surface area contributed by atoms with Crippen molar-refractivity contribution in [3.05, 3.63) is 18.1 Å². The molecule has 0 aromatic carbocycles. The first-order chi connectivity index (χ1) is 8.29. The number of nitrogens with zero attached hydrogens (tertiary/aromatic N) is 3. The minimum absolute atomic E-state index is 0.270. The summed E-state index contributed by atoms with van der Waals surface area (Å²) in [7, 11) is 0. The van der Waals surface area contributed by atoms with Crippen LogP contribution in [-0.2, 0) is 11.3 Å². The van der Waals surface area contributed by atoms with E-state index < -0.39 is 0 Å². The largest absolute Gasteiger partial charge is 0.375 e. The molecular formula is C12H20N4O. The van der Waals surface area contributed by atoms with Gasteiger partial charge in [-0.3, -0.25) is 4.98 Å². The third-order valence-corrected chi connectivity index (χ3v) is 2.81. The number of ether oxygens (including phenoxy) is 1. The van der Waals surface area contributed by atoms with Crippen molar-refractivity contribution in [1.82, 2.24) is 15.3 Å². The number of anilines is 1. The molecule has 2 rings (SSSR count). The molecule has 1 aromatic rings. The number of nitrogens with one attached hydrogen (secondary N) is 1. The molecule has 0 bridgehead atoms. The molecule has 2 heterocycles. The van der Waals surface area contributed by atoms with Crippen LogP contribution in [0.25, 0.3) is 0 Å². The maximum absolute atomic E-state index is 5.51. The minimum atomic E-state index is 0.270. The Kier molecular flexibility index (Phi) is 4.28. The van der Waals surface area contributed by atoms with Gasteiger partial charge in [0.15, 0.2) is 0 Å². The Balaban J connectivity index is 1.96. The second kappa shape index (κ2) is 5.93. The van der Waals surface area contributed by atoms with Crippen LogP contribution in [0.2, 0.25) is 0 Å². The highest BCUT2D eigenvalue weighted by molar-refractivity contribution is 5.36. The van der Waals surface area contributed by atoms with Gasteiger partial charge in [0.2, 0.25) is 0 Å². The van der Waals surface area contributed by atoms with E-state index in [1.807, 2.05) is 12.4 Å². The second-order valence-corrected chi connectivity index (χ2v) is 4.27. The summed E-state index contributed by atoms with van der Waals surface area (Å²) in [6.45, 7) is 8.44. The molecular weight excluding hydrogens is 216 g/mol. The zero-order valence-electron chi connectivity index (χ0n) is 10.5. The van der Waals surface area contributed by atoms with Gasteiger partial charge < -0.3 is 15.0 Å². The molecule has 0 amide bonds. The summed E-state index contributed by atoms with van der Waals surface area (Å²) >= 11 is 0. The molecule has 1 aliphatic heterocycles. The van der Waals surface area contributed by atoms with Gasteiger partial charge in [-0.1, -0.05) is 6.92 Å². The smallest absolute Gasteiger partial charge is 0.147 e.